The number of nitrogens with one attached hydrogen (secondary N) is 1. The first-order valence-corrected chi connectivity index (χ1v) is 6.66. The van der Waals surface area contributed by atoms with E-state index in [2.05, 4.69) is 22.9 Å². The molecule has 0 saturated carbocycles. The largest absolute Gasteiger partial charge is 0.370 e. The van der Waals surface area contributed by atoms with Gasteiger partial charge in [0, 0.05) is 20.4 Å². The van der Waals surface area contributed by atoms with Crippen LogP contribution in [-0.2, 0) is 0 Å². The molecular formula is C15H19F2N3S. The predicted molar refractivity (Wildman–Crippen MR) is 89.2 cm³/mol. The van der Waals surface area contributed by atoms with Crippen LogP contribution in [0.5, 0.6) is 0 Å². The van der Waals surface area contributed by atoms with Crippen molar-refractivity contribution in [1.82, 2.24) is 0 Å². The number of benzene rings is 2. The fraction of sp³-hybridized carbons (Fsp3) is 0.133. The Morgan fingerprint density at radius 2 is 2.00 bits per heavy atom. The average molecular weight is 311 g/mol. The van der Waals surface area contributed by atoms with Crippen molar-refractivity contribution in [3.05, 3.63) is 47.5 Å². The lowest BCUT2D eigenvalue weighted by molar-refractivity contribution is 0.618. The van der Waals surface area contributed by atoms with Crippen molar-refractivity contribution < 1.29 is 11.6 Å². The Kier molecular flexibility index (Phi) is 4.47. The van der Waals surface area contributed by atoms with Gasteiger partial charge in [-0.2, -0.15) is 0 Å². The number of thiol groups is 1. The van der Waals surface area contributed by atoms with Gasteiger partial charge in [0.05, 0.1) is 5.69 Å². The van der Waals surface area contributed by atoms with Gasteiger partial charge in [0.1, 0.15) is 11.6 Å². The molecule has 0 bridgehead atoms. The second-order valence-corrected chi connectivity index (χ2v) is 4.98. The van der Waals surface area contributed by atoms with Gasteiger partial charge < -0.3 is 11.1 Å². The van der Waals surface area contributed by atoms with Crippen molar-refractivity contribution in [2.45, 2.75) is 11.8 Å². The highest BCUT2D eigenvalue weighted by Crippen LogP contribution is 2.36. The number of aliphatic imine (C=N–C) groups is 1. The summed E-state index contributed by atoms with van der Waals surface area (Å²) in [5.41, 5.74) is 7.61. The van der Waals surface area contributed by atoms with Crippen LogP contribution in [-0.4, -0.2) is 13.0 Å². The van der Waals surface area contributed by atoms with Crippen LogP contribution >= 0.6 is 12.6 Å². The van der Waals surface area contributed by atoms with Gasteiger partial charge in [0.2, 0.25) is 0 Å². The molecule has 2 rings (SSSR count). The number of hydrogen-bond donors (Lipinski definition) is 3. The molecule has 0 aliphatic heterocycles. The summed E-state index contributed by atoms with van der Waals surface area (Å²) in [6, 6.07) is 7.21. The Balaban J connectivity index is 0.00000242. The molecule has 0 saturated heterocycles. The third-order valence-electron chi connectivity index (χ3n) is 3.13. The number of nitrogens with two attached hydrogens (primary N) is 1. The van der Waals surface area contributed by atoms with E-state index < -0.39 is 5.82 Å². The molecule has 0 aliphatic rings. The van der Waals surface area contributed by atoms with Crippen LogP contribution in [0, 0.1) is 18.6 Å². The highest BCUT2D eigenvalue weighted by atomic mass is 32.1. The number of guanidine groups is 1. The molecule has 2 aromatic rings. The molecule has 0 unspecified atom stereocenters. The Labute approximate surface area is 130 Å². The van der Waals surface area contributed by atoms with E-state index in [4.69, 9.17) is 5.73 Å². The van der Waals surface area contributed by atoms with Gasteiger partial charge in [-0.05, 0) is 36.2 Å². The number of rotatable bonds is 2. The first kappa shape index (κ1) is 15.3. The minimum atomic E-state index is -0.462. The molecule has 21 heavy (non-hydrogen) atoms. The molecule has 0 fully saturated rings. The van der Waals surface area contributed by atoms with Crippen LogP contribution < -0.4 is 11.1 Å². The monoisotopic (exact) mass is 311 g/mol. The Bertz CT molecular complexity index is 724. The standard InChI is InChI=1S/C15H15F2N3S.2H2/c1-8-10(4-3-5-12(8)17)11-6-9(16)7-13(21)14(11)20-15(18)19-2;;/h3-7,21H,1-2H3,(H3,18,19,20);2*1H. The summed E-state index contributed by atoms with van der Waals surface area (Å²) in [5.74, 6) is -0.663. The molecule has 0 aromatic heterocycles. The second kappa shape index (κ2) is 6.13. The topological polar surface area (TPSA) is 50.4 Å². The summed E-state index contributed by atoms with van der Waals surface area (Å²) < 4.78 is 27.5. The highest BCUT2D eigenvalue weighted by Gasteiger charge is 2.15. The van der Waals surface area contributed by atoms with Crippen LogP contribution in [0.15, 0.2) is 40.2 Å². The van der Waals surface area contributed by atoms with Crippen molar-refractivity contribution in [2.75, 3.05) is 12.4 Å². The van der Waals surface area contributed by atoms with Gasteiger partial charge in [-0.25, -0.2) is 8.78 Å². The smallest absolute Gasteiger partial charge is 0.192 e. The fourth-order valence-electron chi connectivity index (χ4n) is 2.02. The Morgan fingerprint density at radius 3 is 2.67 bits per heavy atom. The molecule has 0 radical (unpaired) electrons. The van der Waals surface area contributed by atoms with Crippen LogP contribution in [0.3, 0.4) is 0 Å². The van der Waals surface area contributed by atoms with E-state index in [0.29, 0.717) is 27.3 Å². The lowest BCUT2D eigenvalue weighted by atomic mass is 9.98. The summed E-state index contributed by atoms with van der Waals surface area (Å²) in [5, 5.41) is 2.86. The third kappa shape index (κ3) is 3.16. The van der Waals surface area contributed by atoms with Crippen LogP contribution in [0.25, 0.3) is 11.1 Å². The maximum Gasteiger partial charge on any atom is 0.192 e. The van der Waals surface area contributed by atoms with E-state index >= 15 is 0 Å². The zero-order valence-corrected chi connectivity index (χ0v) is 12.5. The van der Waals surface area contributed by atoms with Gasteiger partial charge in [-0.1, -0.05) is 12.1 Å². The van der Waals surface area contributed by atoms with Crippen molar-refractivity contribution >= 4 is 24.3 Å². The highest BCUT2D eigenvalue weighted by molar-refractivity contribution is 7.80. The third-order valence-corrected chi connectivity index (χ3v) is 3.49. The molecular weight excluding hydrogens is 292 g/mol. The summed E-state index contributed by atoms with van der Waals surface area (Å²) in [6.07, 6.45) is 0. The second-order valence-electron chi connectivity index (χ2n) is 4.49. The van der Waals surface area contributed by atoms with Gasteiger partial charge in [0.25, 0.3) is 0 Å². The minimum absolute atomic E-state index is 0. The number of nitrogens with zero attached hydrogens (tertiary/aromatic N) is 1. The van der Waals surface area contributed by atoms with E-state index in [1.807, 2.05) is 0 Å². The molecule has 2 aromatic carbocycles. The van der Waals surface area contributed by atoms with E-state index in [1.54, 1.807) is 19.1 Å². The zero-order chi connectivity index (χ0) is 15.6. The van der Waals surface area contributed by atoms with Gasteiger partial charge >= 0.3 is 0 Å². The van der Waals surface area contributed by atoms with Crippen molar-refractivity contribution in [2.24, 2.45) is 10.7 Å². The van der Waals surface area contributed by atoms with E-state index in [9.17, 15) is 8.78 Å². The Hall–Kier alpha value is -2.08. The summed E-state index contributed by atoms with van der Waals surface area (Å²) in [6.45, 7) is 1.63. The van der Waals surface area contributed by atoms with Gasteiger partial charge in [0.15, 0.2) is 5.96 Å². The predicted octanol–water partition coefficient (Wildman–Crippen LogP) is 4.08. The number of halogens is 2. The minimum Gasteiger partial charge on any atom is -0.370 e. The first-order valence-electron chi connectivity index (χ1n) is 6.21. The van der Waals surface area contributed by atoms with Gasteiger partial charge in [-0.3, -0.25) is 4.99 Å². The molecule has 114 valence electrons. The number of hydrogen-bond acceptors (Lipinski definition) is 2. The molecule has 0 heterocycles. The van der Waals surface area contributed by atoms with Crippen molar-refractivity contribution in [3.8, 4) is 11.1 Å². The molecule has 0 aliphatic carbocycles. The lowest BCUT2D eigenvalue weighted by Crippen LogP contribution is -2.22. The van der Waals surface area contributed by atoms with E-state index in [0.717, 1.165) is 0 Å². The van der Waals surface area contributed by atoms with Crippen LogP contribution in [0.1, 0.15) is 8.42 Å². The molecule has 0 amide bonds. The molecule has 0 atom stereocenters. The van der Waals surface area contributed by atoms with E-state index in [-0.39, 0.29) is 14.6 Å². The molecule has 6 heteroatoms. The SMILES string of the molecule is CN=C(N)Nc1c(S)cc(F)cc1-c1cccc(F)c1C.[HH].[HH]. The zero-order valence-electron chi connectivity index (χ0n) is 11.6. The van der Waals surface area contributed by atoms with Crippen LogP contribution in [0.4, 0.5) is 14.5 Å². The average Bonchev–Trinajstić information content (AvgIpc) is 2.44. The maximum atomic E-state index is 13.7. The molecule has 3 nitrogen and oxygen atoms in total. The van der Waals surface area contributed by atoms with Crippen molar-refractivity contribution in [3.63, 3.8) is 0 Å². The number of anilines is 1. The quantitative estimate of drug-likeness (QED) is 0.445. The van der Waals surface area contributed by atoms with Gasteiger partial charge in [-0.15, -0.1) is 12.6 Å². The Morgan fingerprint density at radius 1 is 1.29 bits per heavy atom. The lowest BCUT2D eigenvalue weighted by Gasteiger charge is -2.16. The normalized spacial score (nSPS) is 11.6. The first-order chi connectivity index (χ1) is 9.93. The van der Waals surface area contributed by atoms with Crippen molar-refractivity contribution in [1.29, 1.82) is 0 Å². The molecule has 0 spiro atoms. The maximum absolute atomic E-state index is 13.7. The van der Waals surface area contributed by atoms with Crippen LogP contribution in [0.2, 0.25) is 0 Å². The fourth-order valence-corrected chi connectivity index (χ4v) is 2.32. The summed E-state index contributed by atoms with van der Waals surface area (Å²) in [7, 11) is 1.52. The molecule has 3 N–H and O–H groups in total. The van der Waals surface area contributed by atoms with E-state index in [1.165, 1.54) is 25.2 Å². The summed E-state index contributed by atoms with van der Waals surface area (Å²) >= 11 is 4.25. The summed E-state index contributed by atoms with van der Waals surface area (Å²) in [4.78, 5) is 4.16.